The van der Waals surface area contributed by atoms with Crippen molar-refractivity contribution in [2.45, 2.75) is 38.4 Å². The molecule has 1 amide bonds. The van der Waals surface area contributed by atoms with Crippen LogP contribution in [-0.4, -0.2) is 51.1 Å². The molecule has 0 radical (unpaired) electrons. The maximum atomic E-state index is 14.4. The third kappa shape index (κ3) is 8.95. The van der Waals surface area contributed by atoms with Crippen LogP contribution >= 0.6 is 15.9 Å². The minimum Gasteiger partial charge on any atom is -0.497 e. The van der Waals surface area contributed by atoms with Gasteiger partial charge < -0.3 is 28.5 Å². The predicted octanol–water partition coefficient (Wildman–Crippen LogP) is 10.6. The minimum atomic E-state index is -1.66. The van der Waals surface area contributed by atoms with Gasteiger partial charge in [0, 0.05) is 36.4 Å². The molecule has 8 nitrogen and oxygen atoms in total. The van der Waals surface area contributed by atoms with Crippen LogP contribution in [0.25, 0.3) is 22.0 Å². The number of hydrogen-bond donors (Lipinski definition) is 1. The Hall–Kier alpha value is -5.52. The number of halogens is 1. The highest BCUT2D eigenvalue weighted by Crippen LogP contribution is 2.42. The van der Waals surface area contributed by atoms with E-state index in [1.165, 1.54) is 0 Å². The van der Waals surface area contributed by atoms with Crippen molar-refractivity contribution in [2.24, 2.45) is 0 Å². The molecule has 296 valence electrons. The maximum absolute atomic E-state index is 14.4. The van der Waals surface area contributed by atoms with Gasteiger partial charge in [-0.1, -0.05) is 97.1 Å². The number of fused-ring (bicyclic) bond motifs is 1. The van der Waals surface area contributed by atoms with Crippen LogP contribution in [0.15, 0.2) is 150 Å². The van der Waals surface area contributed by atoms with Crippen molar-refractivity contribution < 1.29 is 23.4 Å². The Morgan fingerprint density at radius 3 is 1.95 bits per heavy atom. The van der Waals surface area contributed by atoms with Gasteiger partial charge in [0.25, 0.3) is 5.91 Å². The Balaban J connectivity index is 1.20. The molecule has 1 N–H and O–H groups in total. The normalized spacial score (nSPS) is 11.8. The van der Waals surface area contributed by atoms with Crippen molar-refractivity contribution in [2.75, 3.05) is 27.4 Å². The summed E-state index contributed by atoms with van der Waals surface area (Å²) >= 11 is 3.85. The van der Waals surface area contributed by atoms with Gasteiger partial charge in [-0.25, -0.2) is 0 Å². The number of benzene rings is 5. The molecule has 2 aromatic heterocycles. The fourth-order valence-electron chi connectivity index (χ4n) is 7.16. The Morgan fingerprint density at radius 1 is 0.741 bits per heavy atom. The zero-order valence-electron chi connectivity index (χ0n) is 33.5. The van der Waals surface area contributed by atoms with Gasteiger partial charge in [-0.05, 0) is 105 Å². The Morgan fingerprint density at radius 2 is 1.36 bits per heavy atom. The lowest BCUT2D eigenvalue weighted by Crippen LogP contribution is -2.37. The number of aromatic nitrogens is 2. The highest BCUT2D eigenvalue weighted by Gasteiger charge is 2.38. The number of carbonyl (C=O) groups is 1. The zero-order chi connectivity index (χ0) is 40.7. The molecule has 58 heavy (non-hydrogen) atoms. The summed E-state index contributed by atoms with van der Waals surface area (Å²) in [6, 6.07) is 44.7. The molecule has 10 heteroatoms. The molecule has 0 spiro atoms. The lowest BCUT2D eigenvalue weighted by Gasteiger charge is -2.36. The van der Waals surface area contributed by atoms with Crippen LogP contribution in [0.1, 0.15) is 38.3 Å². The topological polar surface area (TPSA) is 83.8 Å². The molecule has 0 saturated heterocycles. The smallest absolute Gasteiger partial charge is 0.269 e. The van der Waals surface area contributed by atoms with Crippen molar-refractivity contribution in [3.8, 4) is 22.6 Å². The van der Waals surface area contributed by atoms with Crippen molar-refractivity contribution in [3.05, 3.63) is 184 Å². The highest BCUT2D eigenvalue weighted by atomic mass is 79.9. The third-order valence-corrected chi connectivity index (χ3v) is 11.9. The van der Waals surface area contributed by atoms with Crippen molar-refractivity contribution in [1.29, 1.82) is 0 Å². The molecule has 0 bridgehead atoms. The second kappa shape index (κ2) is 18.0. The van der Waals surface area contributed by atoms with E-state index in [1.807, 2.05) is 85.1 Å². The van der Waals surface area contributed by atoms with E-state index in [-0.39, 0.29) is 19.1 Å². The first-order chi connectivity index (χ1) is 28.1. The number of rotatable bonds is 16. The van der Waals surface area contributed by atoms with Gasteiger partial charge in [-0.3, -0.25) is 9.78 Å². The number of amides is 1. The van der Waals surface area contributed by atoms with E-state index in [1.54, 1.807) is 20.4 Å². The lowest BCUT2D eigenvalue weighted by molar-refractivity contribution is 0.0148. The van der Waals surface area contributed by atoms with E-state index in [2.05, 4.69) is 105 Å². The molecule has 7 aromatic rings. The molecule has 0 aliphatic carbocycles. The summed E-state index contributed by atoms with van der Waals surface area (Å²) in [7, 11) is 1.65. The summed E-state index contributed by atoms with van der Waals surface area (Å²) in [5, 5.41) is 4.14. The fraction of sp³-hybridized carbons (Fsp3) is 0.208. The molecule has 0 unspecified atom stereocenters. The van der Waals surface area contributed by atoms with E-state index < -0.39 is 13.9 Å². The van der Waals surface area contributed by atoms with Crippen LogP contribution in [0.3, 0.4) is 0 Å². The number of methoxy groups -OCH3 is 2. The van der Waals surface area contributed by atoms with E-state index in [9.17, 15) is 4.79 Å². The summed E-state index contributed by atoms with van der Waals surface area (Å²) in [6.07, 6.45) is 3.62. The first-order valence-electron chi connectivity index (χ1n) is 19.3. The number of carbonyl (C=O) groups excluding carboxylic acids is 1. The predicted molar refractivity (Wildman–Crippen MR) is 237 cm³/mol. The van der Waals surface area contributed by atoms with E-state index in [0.29, 0.717) is 18.8 Å². The first-order valence-corrected chi connectivity index (χ1v) is 23.5. The number of pyridine rings is 1. The van der Waals surface area contributed by atoms with Gasteiger partial charge in [-0.15, -0.1) is 0 Å². The third-order valence-electron chi connectivity index (χ3n) is 10.1. The van der Waals surface area contributed by atoms with Crippen LogP contribution in [0, 0.1) is 0 Å². The number of ether oxygens (including phenoxy) is 3. The summed E-state index contributed by atoms with van der Waals surface area (Å²) in [6.45, 7) is 8.10. The van der Waals surface area contributed by atoms with Crippen molar-refractivity contribution in [1.82, 2.24) is 14.9 Å². The van der Waals surface area contributed by atoms with Gasteiger partial charge in [0.1, 0.15) is 22.8 Å². The van der Waals surface area contributed by atoms with Gasteiger partial charge >= 0.3 is 0 Å². The average Bonchev–Trinajstić information content (AvgIpc) is 3.53. The van der Waals surface area contributed by atoms with Crippen LogP contribution < -0.4 is 14.8 Å². The van der Waals surface area contributed by atoms with Gasteiger partial charge in [0.15, 0.2) is 8.32 Å². The molecule has 0 saturated carbocycles. The zero-order valence-corrected chi connectivity index (χ0v) is 36.1. The average molecular weight is 855 g/mol. The second-order valence-electron chi connectivity index (χ2n) is 15.0. The van der Waals surface area contributed by atoms with Gasteiger partial charge in [0.2, 0.25) is 0 Å². The van der Waals surface area contributed by atoms with Crippen LogP contribution in [0.4, 0.5) is 0 Å². The molecule has 5 aromatic carbocycles. The van der Waals surface area contributed by atoms with E-state index in [4.69, 9.17) is 18.6 Å². The Bertz CT molecular complexity index is 2400. The summed E-state index contributed by atoms with van der Waals surface area (Å²) in [5.41, 5.74) is 7.44. The highest BCUT2D eigenvalue weighted by molar-refractivity contribution is 9.10. The van der Waals surface area contributed by atoms with Crippen molar-refractivity contribution >= 4 is 41.1 Å². The first kappa shape index (κ1) is 40.7. The lowest BCUT2D eigenvalue weighted by atomic mass is 9.80. The molecule has 0 aliphatic rings. The number of nitrogens with one attached hydrogen (secondary N) is 1. The van der Waals surface area contributed by atoms with Gasteiger partial charge in [0.05, 0.1) is 37.4 Å². The van der Waals surface area contributed by atoms with Crippen LogP contribution in [-0.2, 0) is 27.9 Å². The summed E-state index contributed by atoms with van der Waals surface area (Å²) < 4.78 is 27.0. The summed E-state index contributed by atoms with van der Waals surface area (Å²) in [5.74, 6) is 1.27. The quantitative estimate of drug-likeness (QED) is 0.0592. The monoisotopic (exact) mass is 853 g/mol. The molecule has 2 heterocycles. The Kier molecular flexibility index (Phi) is 12.6. The van der Waals surface area contributed by atoms with E-state index in [0.717, 1.165) is 65.8 Å². The van der Waals surface area contributed by atoms with Crippen molar-refractivity contribution in [3.63, 3.8) is 0 Å². The van der Waals surface area contributed by atoms with Crippen LogP contribution in [0.5, 0.6) is 11.5 Å². The minimum absolute atomic E-state index is 0.211. The Labute approximate surface area is 350 Å². The maximum Gasteiger partial charge on any atom is 0.269 e. The molecular formula is C48H48BrN3O5Si. The number of hydrogen-bond acceptors (Lipinski definition) is 6. The SMILES string of the molecule is COc1ccc(C(OCCNC(=O)c2c(Br)c3ccc(-c4cccnc4)cc3n2Cc2ccc(CO[Si](C)(C)C)cc2)(c2ccccc2)c2ccc(OC)cc2)cc1. The van der Waals surface area contributed by atoms with Crippen LogP contribution in [0.2, 0.25) is 19.6 Å². The molecule has 0 fully saturated rings. The fourth-order valence-corrected chi connectivity index (χ4v) is 8.49. The molecule has 7 rings (SSSR count). The second-order valence-corrected chi connectivity index (χ2v) is 20.4. The molecule has 0 atom stereocenters. The molecule has 0 aliphatic heterocycles. The summed E-state index contributed by atoms with van der Waals surface area (Å²) in [4.78, 5) is 18.8. The van der Waals surface area contributed by atoms with Gasteiger partial charge in [-0.2, -0.15) is 0 Å². The standard InChI is InChI=1S/C48H48BrN3O5Si/c1-54-41-22-18-39(19-23-41)48(38-11-7-6-8-12-38,40-20-24-42(55-2)25-21-40)56-29-28-51-47(53)46-45(49)43-26-17-36(37-10-9-27-50-31-37)30-44(43)52(46)32-34-13-15-35(16-14-34)33-57-58(3,4)5/h6-27,30-31H,28-29,32-33H2,1-5H3,(H,51,53). The number of nitrogens with zero attached hydrogens (tertiary/aromatic N) is 2. The largest absolute Gasteiger partial charge is 0.497 e. The molecular weight excluding hydrogens is 807 g/mol. The van der Waals surface area contributed by atoms with E-state index >= 15 is 0 Å².